The second-order valence-electron chi connectivity index (χ2n) is 6.10. The SMILES string of the molecule is CC(Oc1ccccc1Cl)C(=O)NC1CCCc2cc(N)ccc21.Cl. The van der Waals surface area contributed by atoms with Gasteiger partial charge in [-0.15, -0.1) is 12.4 Å². The number of ether oxygens (including phenoxy) is 1. The van der Waals surface area contributed by atoms with Crippen LogP contribution in [0.3, 0.4) is 0 Å². The number of nitrogens with one attached hydrogen (secondary N) is 1. The standard InChI is InChI=1S/C19H21ClN2O2.ClH/c1-12(24-18-8-3-2-6-16(18)20)19(23)22-17-7-4-5-13-11-14(21)9-10-15(13)17;/h2-3,6,8-12,17H,4-5,7,21H2,1H3,(H,22,23);1H. The van der Waals surface area contributed by atoms with Gasteiger partial charge < -0.3 is 15.8 Å². The van der Waals surface area contributed by atoms with E-state index in [1.807, 2.05) is 30.3 Å². The molecule has 25 heavy (non-hydrogen) atoms. The Hall–Kier alpha value is -1.91. The highest BCUT2D eigenvalue weighted by atomic mass is 35.5. The van der Waals surface area contributed by atoms with Gasteiger partial charge in [-0.1, -0.05) is 29.8 Å². The third-order valence-electron chi connectivity index (χ3n) is 4.31. The first-order valence-corrected chi connectivity index (χ1v) is 8.52. The van der Waals surface area contributed by atoms with Crippen LogP contribution >= 0.6 is 24.0 Å². The molecule has 1 aliphatic rings. The fourth-order valence-corrected chi connectivity index (χ4v) is 3.24. The third kappa shape index (κ3) is 4.59. The van der Waals surface area contributed by atoms with Crippen LogP contribution in [0.1, 0.15) is 36.9 Å². The Morgan fingerprint density at radius 3 is 2.84 bits per heavy atom. The lowest BCUT2D eigenvalue weighted by Gasteiger charge is -2.28. The maximum Gasteiger partial charge on any atom is 0.261 e. The van der Waals surface area contributed by atoms with Gasteiger partial charge in [0.1, 0.15) is 5.75 Å². The Morgan fingerprint density at radius 2 is 2.08 bits per heavy atom. The van der Waals surface area contributed by atoms with Crippen LogP contribution in [0, 0.1) is 0 Å². The lowest BCUT2D eigenvalue weighted by atomic mass is 9.87. The number of aryl methyl sites for hydroxylation is 1. The summed E-state index contributed by atoms with van der Waals surface area (Å²) in [5, 5.41) is 3.58. The van der Waals surface area contributed by atoms with Crippen molar-refractivity contribution in [3.8, 4) is 5.75 Å². The molecule has 0 heterocycles. The number of anilines is 1. The van der Waals surface area contributed by atoms with Crippen LogP contribution in [-0.2, 0) is 11.2 Å². The number of nitrogens with two attached hydrogens (primary N) is 1. The molecule has 0 bridgehead atoms. The third-order valence-corrected chi connectivity index (χ3v) is 4.62. The molecule has 1 amide bonds. The molecule has 0 aliphatic heterocycles. The first-order chi connectivity index (χ1) is 11.5. The van der Waals surface area contributed by atoms with Gasteiger partial charge in [-0.25, -0.2) is 0 Å². The number of amides is 1. The predicted molar refractivity (Wildman–Crippen MR) is 103 cm³/mol. The van der Waals surface area contributed by atoms with Gasteiger partial charge in [0.15, 0.2) is 6.10 Å². The Morgan fingerprint density at radius 1 is 1.32 bits per heavy atom. The Balaban J connectivity index is 0.00000225. The van der Waals surface area contributed by atoms with E-state index in [9.17, 15) is 4.79 Å². The first kappa shape index (κ1) is 19.4. The molecular weight excluding hydrogens is 359 g/mol. The minimum absolute atomic E-state index is 0. The number of carbonyl (C=O) groups is 1. The van der Waals surface area contributed by atoms with Crippen LogP contribution in [0.4, 0.5) is 5.69 Å². The molecule has 3 N–H and O–H groups in total. The van der Waals surface area contributed by atoms with Crippen molar-refractivity contribution in [2.75, 3.05) is 5.73 Å². The molecule has 0 aromatic heterocycles. The zero-order chi connectivity index (χ0) is 17.1. The van der Waals surface area contributed by atoms with E-state index in [0.29, 0.717) is 10.8 Å². The molecule has 0 saturated heterocycles. The molecule has 4 nitrogen and oxygen atoms in total. The fraction of sp³-hybridized carbons (Fsp3) is 0.316. The van der Waals surface area contributed by atoms with Gasteiger partial charge in [-0.05, 0) is 61.6 Å². The monoisotopic (exact) mass is 380 g/mol. The number of benzene rings is 2. The summed E-state index contributed by atoms with van der Waals surface area (Å²) < 4.78 is 5.69. The lowest BCUT2D eigenvalue weighted by Crippen LogP contribution is -2.39. The van der Waals surface area contributed by atoms with Crippen molar-refractivity contribution >= 4 is 35.6 Å². The number of halogens is 2. The molecule has 2 atom stereocenters. The normalized spacial score (nSPS) is 17.0. The molecule has 0 radical (unpaired) electrons. The molecule has 1 aliphatic carbocycles. The molecule has 0 fully saturated rings. The van der Waals surface area contributed by atoms with E-state index in [1.165, 1.54) is 5.56 Å². The van der Waals surface area contributed by atoms with Crippen LogP contribution in [-0.4, -0.2) is 12.0 Å². The lowest BCUT2D eigenvalue weighted by molar-refractivity contribution is -0.128. The Kier molecular flexibility index (Phi) is 6.57. The summed E-state index contributed by atoms with van der Waals surface area (Å²) in [6.07, 6.45) is 2.32. The quantitative estimate of drug-likeness (QED) is 0.776. The van der Waals surface area contributed by atoms with Crippen LogP contribution in [0.5, 0.6) is 5.75 Å². The molecule has 3 rings (SSSR count). The van der Waals surface area contributed by atoms with E-state index < -0.39 is 6.10 Å². The zero-order valence-corrected chi connectivity index (χ0v) is 15.6. The van der Waals surface area contributed by atoms with E-state index in [1.54, 1.807) is 19.1 Å². The highest BCUT2D eigenvalue weighted by Gasteiger charge is 2.25. The Bertz CT molecular complexity index is 752. The van der Waals surface area contributed by atoms with Crippen molar-refractivity contribution in [3.05, 3.63) is 58.6 Å². The molecule has 2 unspecified atom stereocenters. The number of nitrogen functional groups attached to an aromatic ring is 1. The summed E-state index contributed by atoms with van der Waals surface area (Å²) in [5.74, 6) is 0.364. The smallest absolute Gasteiger partial charge is 0.261 e. The number of fused-ring (bicyclic) bond motifs is 1. The van der Waals surface area contributed by atoms with Crippen LogP contribution in [0.2, 0.25) is 5.02 Å². The second kappa shape index (κ2) is 8.45. The zero-order valence-electron chi connectivity index (χ0n) is 14.0. The van der Waals surface area contributed by atoms with Gasteiger partial charge in [0.25, 0.3) is 5.91 Å². The Labute approximate surface area is 159 Å². The summed E-state index contributed by atoms with van der Waals surface area (Å²) in [7, 11) is 0. The van der Waals surface area contributed by atoms with E-state index in [-0.39, 0.29) is 24.4 Å². The maximum absolute atomic E-state index is 12.5. The largest absolute Gasteiger partial charge is 0.479 e. The van der Waals surface area contributed by atoms with Crippen molar-refractivity contribution in [2.24, 2.45) is 0 Å². The highest BCUT2D eigenvalue weighted by molar-refractivity contribution is 6.32. The summed E-state index contributed by atoms with van der Waals surface area (Å²) in [4.78, 5) is 12.5. The maximum atomic E-state index is 12.5. The molecule has 0 saturated carbocycles. The van der Waals surface area contributed by atoms with E-state index >= 15 is 0 Å². The minimum atomic E-state index is -0.621. The number of carbonyl (C=O) groups excluding carboxylic acids is 1. The second-order valence-corrected chi connectivity index (χ2v) is 6.51. The molecule has 6 heteroatoms. The average molecular weight is 381 g/mol. The van der Waals surface area contributed by atoms with Crippen molar-refractivity contribution in [1.82, 2.24) is 5.32 Å². The summed E-state index contributed by atoms with van der Waals surface area (Å²) in [5.41, 5.74) is 8.98. The van der Waals surface area contributed by atoms with Gasteiger partial charge >= 0.3 is 0 Å². The number of hydrogen-bond acceptors (Lipinski definition) is 3. The van der Waals surface area contributed by atoms with Crippen molar-refractivity contribution in [3.63, 3.8) is 0 Å². The van der Waals surface area contributed by atoms with Gasteiger partial charge in [0, 0.05) is 5.69 Å². The van der Waals surface area contributed by atoms with Crippen LogP contribution in [0.15, 0.2) is 42.5 Å². The predicted octanol–water partition coefficient (Wildman–Crippen LogP) is 4.31. The minimum Gasteiger partial charge on any atom is -0.479 e. The summed E-state index contributed by atoms with van der Waals surface area (Å²) >= 11 is 6.08. The fourth-order valence-electron chi connectivity index (χ4n) is 3.06. The average Bonchev–Trinajstić information content (AvgIpc) is 2.56. The molecule has 2 aromatic rings. The van der Waals surface area contributed by atoms with Crippen LogP contribution in [0.25, 0.3) is 0 Å². The number of hydrogen-bond donors (Lipinski definition) is 2. The summed E-state index contributed by atoms with van der Waals surface area (Å²) in [6.45, 7) is 1.73. The van der Waals surface area contributed by atoms with Gasteiger partial charge in [0.05, 0.1) is 11.1 Å². The van der Waals surface area contributed by atoms with E-state index in [0.717, 1.165) is 30.5 Å². The van der Waals surface area contributed by atoms with Gasteiger partial charge in [0.2, 0.25) is 0 Å². The molecular formula is C19H22Cl2N2O2. The number of para-hydroxylation sites is 1. The molecule has 2 aromatic carbocycles. The first-order valence-electron chi connectivity index (χ1n) is 8.14. The van der Waals surface area contributed by atoms with Crippen LogP contribution < -0.4 is 15.8 Å². The topological polar surface area (TPSA) is 64.3 Å². The number of rotatable bonds is 4. The van der Waals surface area contributed by atoms with Gasteiger partial charge in [-0.2, -0.15) is 0 Å². The van der Waals surface area contributed by atoms with E-state index in [2.05, 4.69) is 5.32 Å². The summed E-state index contributed by atoms with van der Waals surface area (Å²) in [6, 6.07) is 13.0. The van der Waals surface area contributed by atoms with Crippen molar-refractivity contribution in [2.45, 2.75) is 38.3 Å². The van der Waals surface area contributed by atoms with Crippen molar-refractivity contribution in [1.29, 1.82) is 0 Å². The molecule has 0 spiro atoms. The van der Waals surface area contributed by atoms with E-state index in [4.69, 9.17) is 22.1 Å². The highest BCUT2D eigenvalue weighted by Crippen LogP contribution is 2.31. The van der Waals surface area contributed by atoms with Gasteiger partial charge in [-0.3, -0.25) is 4.79 Å². The molecule has 134 valence electrons. The van der Waals surface area contributed by atoms with Crippen molar-refractivity contribution < 1.29 is 9.53 Å².